The molecule has 0 spiro atoms. The molecule has 4 nitrogen and oxygen atoms in total. The Kier molecular flexibility index (Phi) is 4.49. The van der Waals surface area contributed by atoms with Crippen LogP contribution < -0.4 is 11.1 Å². The summed E-state index contributed by atoms with van der Waals surface area (Å²) >= 11 is 0. The molecule has 3 N–H and O–H groups in total. The third-order valence-corrected chi connectivity index (χ3v) is 2.12. The Morgan fingerprint density at radius 3 is 2.11 bits per heavy atom. The molecule has 0 aliphatic rings. The average Bonchev–Trinajstić information content (AvgIpc) is 2.34. The van der Waals surface area contributed by atoms with Crippen molar-refractivity contribution >= 4 is 11.6 Å². The lowest BCUT2D eigenvalue weighted by Crippen LogP contribution is -2.29. The van der Waals surface area contributed by atoms with Crippen LogP contribution in [0, 0.1) is 23.3 Å². The van der Waals surface area contributed by atoms with Crippen molar-refractivity contribution in [2.45, 2.75) is 0 Å². The van der Waals surface area contributed by atoms with Crippen LogP contribution in [-0.2, 0) is 4.74 Å². The number of nitrogens with two attached hydrogens (primary N) is 1. The summed E-state index contributed by atoms with van der Waals surface area (Å²) in [6.45, 7) is 0.0107. The van der Waals surface area contributed by atoms with Gasteiger partial charge in [-0.25, -0.2) is 17.6 Å². The number of ether oxygens (including phenoxy) is 1. The second-order valence-corrected chi connectivity index (χ2v) is 3.29. The fourth-order valence-electron chi connectivity index (χ4n) is 1.20. The maximum absolute atomic E-state index is 13.3. The highest BCUT2D eigenvalue weighted by Gasteiger charge is 2.27. The van der Waals surface area contributed by atoms with E-state index >= 15 is 0 Å². The number of hydrogen-bond donors (Lipinski definition) is 2. The summed E-state index contributed by atoms with van der Waals surface area (Å²) in [4.78, 5) is 11.4. The SMILES string of the molecule is COCCNC(=O)c1c(F)c(F)c(N)c(F)c1F. The molecule has 0 saturated carbocycles. The van der Waals surface area contributed by atoms with Gasteiger partial charge in [-0.2, -0.15) is 0 Å². The minimum absolute atomic E-state index is 0.0676. The zero-order chi connectivity index (χ0) is 13.9. The molecule has 0 atom stereocenters. The van der Waals surface area contributed by atoms with Crippen LogP contribution in [0.1, 0.15) is 10.4 Å². The highest BCUT2D eigenvalue weighted by molar-refractivity contribution is 5.95. The molecule has 0 saturated heterocycles. The van der Waals surface area contributed by atoms with Crippen molar-refractivity contribution in [3.8, 4) is 0 Å². The molecule has 18 heavy (non-hydrogen) atoms. The van der Waals surface area contributed by atoms with Crippen LogP contribution in [0.3, 0.4) is 0 Å². The zero-order valence-corrected chi connectivity index (χ0v) is 9.32. The van der Waals surface area contributed by atoms with Gasteiger partial charge in [0.2, 0.25) is 0 Å². The number of halogens is 4. The van der Waals surface area contributed by atoms with Gasteiger partial charge in [0.15, 0.2) is 23.3 Å². The Hall–Kier alpha value is -1.83. The summed E-state index contributed by atoms with van der Waals surface area (Å²) in [6.07, 6.45) is 0. The quantitative estimate of drug-likeness (QED) is 0.372. The van der Waals surface area contributed by atoms with E-state index in [9.17, 15) is 22.4 Å². The minimum atomic E-state index is -1.83. The molecule has 0 heterocycles. The first-order chi connectivity index (χ1) is 8.41. The monoisotopic (exact) mass is 266 g/mol. The van der Waals surface area contributed by atoms with Crippen LogP contribution in [0.4, 0.5) is 23.2 Å². The van der Waals surface area contributed by atoms with E-state index in [1.807, 2.05) is 5.32 Å². The van der Waals surface area contributed by atoms with E-state index < -0.39 is 40.4 Å². The fourth-order valence-corrected chi connectivity index (χ4v) is 1.20. The van der Waals surface area contributed by atoms with Crippen LogP contribution in [0.5, 0.6) is 0 Å². The summed E-state index contributed by atoms with van der Waals surface area (Å²) in [5.41, 5.74) is 2.13. The number of anilines is 1. The van der Waals surface area contributed by atoms with E-state index in [2.05, 4.69) is 4.74 Å². The number of carbonyl (C=O) groups is 1. The Labute approximate surface area is 99.7 Å². The van der Waals surface area contributed by atoms with Gasteiger partial charge < -0.3 is 15.8 Å². The van der Waals surface area contributed by atoms with Gasteiger partial charge in [-0.15, -0.1) is 0 Å². The highest BCUT2D eigenvalue weighted by Crippen LogP contribution is 2.25. The first-order valence-electron chi connectivity index (χ1n) is 4.80. The predicted octanol–water partition coefficient (Wildman–Crippen LogP) is 1.20. The van der Waals surface area contributed by atoms with Crippen LogP contribution in [0.25, 0.3) is 0 Å². The van der Waals surface area contributed by atoms with Crippen LogP contribution in [-0.4, -0.2) is 26.2 Å². The summed E-state index contributed by atoms with van der Waals surface area (Å²) in [5, 5.41) is 2.04. The lowest BCUT2D eigenvalue weighted by Gasteiger charge is -2.09. The molecule has 0 unspecified atom stereocenters. The van der Waals surface area contributed by atoms with E-state index in [0.717, 1.165) is 0 Å². The number of methoxy groups -OCH3 is 1. The maximum atomic E-state index is 13.3. The summed E-state index contributed by atoms with van der Waals surface area (Å²) in [7, 11) is 1.34. The van der Waals surface area contributed by atoms with Crippen molar-refractivity contribution in [1.29, 1.82) is 0 Å². The number of rotatable bonds is 4. The molecule has 0 aliphatic heterocycles. The topological polar surface area (TPSA) is 64.3 Å². The second kappa shape index (κ2) is 5.67. The van der Waals surface area contributed by atoms with Crippen LogP contribution >= 0.6 is 0 Å². The number of benzene rings is 1. The first kappa shape index (κ1) is 14.2. The maximum Gasteiger partial charge on any atom is 0.257 e. The van der Waals surface area contributed by atoms with Crippen LogP contribution in [0.15, 0.2) is 0 Å². The van der Waals surface area contributed by atoms with Gasteiger partial charge in [0.1, 0.15) is 11.3 Å². The molecule has 0 radical (unpaired) electrons. The number of nitrogens with one attached hydrogen (secondary N) is 1. The molecule has 1 aromatic carbocycles. The van der Waals surface area contributed by atoms with Gasteiger partial charge >= 0.3 is 0 Å². The molecule has 1 aromatic rings. The number of carbonyl (C=O) groups excluding carboxylic acids is 1. The molecular weight excluding hydrogens is 256 g/mol. The van der Waals surface area contributed by atoms with Gasteiger partial charge in [-0.05, 0) is 0 Å². The normalized spacial score (nSPS) is 10.5. The largest absolute Gasteiger partial charge is 0.394 e. The Bertz CT molecular complexity index is 450. The Morgan fingerprint density at radius 2 is 1.67 bits per heavy atom. The van der Waals surface area contributed by atoms with E-state index in [-0.39, 0.29) is 13.2 Å². The van der Waals surface area contributed by atoms with E-state index in [4.69, 9.17) is 5.73 Å². The van der Waals surface area contributed by atoms with Gasteiger partial charge in [-0.1, -0.05) is 0 Å². The van der Waals surface area contributed by atoms with Crippen molar-refractivity contribution in [1.82, 2.24) is 5.32 Å². The van der Waals surface area contributed by atoms with Crippen LogP contribution in [0.2, 0.25) is 0 Å². The fraction of sp³-hybridized carbons (Fsp3) is 0.300. The van der Waals surface area contributed by atoms with Gasteiger partial charge in [0.05, 0.1) is 6.61 Å². The standard InChI is InChI=1S/C10H10F4N2O2/c1-18-3-2-16-10(17)4-5(11)7(13)9(15)8(14)6(4)12/h2-3,15H2,1H3,(H,16,17). The molecule has 100 valence electrons. The van der Waals surface area contributed by atoms with Gasteiger partial charge in [-0.3, -0.25) is 4.79 Å². The summed E-state index contributed by atoms with van der Waals surface area (Å²) in [6, 6.07) is 0. The molecule has 0 fully saturated rings. The first-order valence-corrected chi connectivity index (χ1v) is 4.80. The van der Waals surface area contributed by atoms with E-state index in [1.165, 1.54) is 7.11 Å². The molecule has 0 aliphatic carbocycles. The minimum Gasteiger partial charge on any atom is -0.394 e. The summed E-state index contributed by atoms with van der Waals surface area (Å²) < 4.78 is 57.3. The van der Waals surface area contributed by atoms with Crippen molar-refractivity contribution in [2.75, 3.05) is 26.0 Å². The van der Waals surface area contributed by atoms with Gasteiger partial charge in [0, 0.05) is 13.7 Å². The molecular formula is C10H10F4N2O2. The van der Waals surface area contributed by atoms with Crippen molar-refractivity contribution in [2.24, 2.45) is 0 Å². The third kappa shape index (κ3) is 2.53. The Morgan fingerprint density at radius 1 is 1.17 bits per heavy atom. The smallest absolute Gasteiger partial charge is 0.257 e. The lowest BCUT2D eigenvalue weighted by atomic mass is 10.1. The van der Waals surface area contributed by atoms with Crippen molar-refractivity contribution in [3.05, 3.63) is 28.8 Å². The zero-order valence-electron chi connectivity index (χ0n) is 9.32. The van der Waals surface area contributed by atoms with E-state index in [1.54, 1.807) is 0 Å². The van der Waals surface area contributed by atoms with Crippen molar-refractivity contribution in [3.63, 3.8) is 0 Å². The number of nitrogen functional groups attached to an aromatic ring is 1. The van der Waals surface area contributed by atoms with Crippen molar-refractivity contribution < 1.29 is 27.1 Å². The molecule has 0 aromatic heterocycles. The lowest BCUT2D eigenvalue weighted by molar-refractivity contribution is 0.0926. The predicted molar refractivity (Wildman–Crippen MR) is 54.9 cm³/mol. The molecule has 8 heteroatoms. The third-order valence-electron chi connectivity index (χ3n) is 2.12. The number of amides is 1. The average molecular weight is 266 g/mol. The second-order valence-electron chi connectivity index (χ2n) is 3.29. The van der Waals surface area contributed by atoms with Gasteiger partial charge in [0.25, 0.3) is 5.91 Å². The summed E-state index contributed by atoms with van der Waals surface area (Å²) in [5.74, 6) is -8.56. The molecule has 1 amide bonds. The molecule has 1 rings (SSSR count). The highest BCUT2D eigenvalue weighted by atomic mass is 19.2. The number of hydrogen-bond acceptors (Lipinski definition) is 3. The Balaban J connectivity index is 3.13. The van der Waals surface area contributed by atoms with E-state index in [0.29, 0.717) is 0 Å². The molecule has 0 bridgehead atoms.